The Balaban J connectivity index is 1.72. The van der Waals surface area contributed by atoms with Gasteiger partial charge in [0.1, 0.15) is 11.9 Å². The molecular weight excluding hydrogens is 224 g/mol. The van der Waals surface area contributed by atoms with Crippen LogP contribution >= 0.6 is 0 Å². The molecule has 3 rings (SSSR count). The Labute approximate surface area is 109 Å². The molecular formula is C15H22N2O. The molecule has 0 aromatic heterocycles. The molecule has 0 amide bonds. The number of piperidine rings is 1. The summed E-state index contributed by atoms with van der Waals surface area (Å²) in [5.74, 6) is 1.11. The summed E-state index contributed by atoms with van der Waals surface area (Å²) in [6.07, 6.45) is 5.04. The lowest BCUT2D eigenvalue weighted by Crippen LogP contribution is -2.35. The molecule has 0 unspecified atom stereocenters. The van der Waals surface area contributed by atoms with E-state index < -0.39 is 0 Å². The third-order valence-electron chi connectivity index (χ3n) is 4.01. The van der Waals surface area contributed by atoms with Gasteiger partial charge in [0, 0.05) is 30.9 Å². The smallest absolute Gasteiger partial charge is 0.124 e. The van der Waals surface area contributed by atoms with Crippen LogP contribution in [-0.4, -0.2) is 37.7 Å². The van der Waals surface area contributed by atoms with Gasteiger partial charge in [-0.15, -0.1) is 0 Å². The average molecular weight is 246 g/mol. The van der Waals surface area contributed by atoms with Crippen molar-refractivity contribution in [2.75, 3.05) is 32.0 Å². The van der Waals surface area contributed by atoms with Crippen LogP contribution in [0.2, 0.25) is 0 Å². The van der Waals surface area contributed by atoms with Crippen LogP contribution in [0.25, 0.3) is 0 Å². The highest BCUT2D eigenvalue weighted by atomic mass is 16.5. The van der Waals surface area contributed by atoms with Crippen LogP contribution in [0.5, 0.6) is 5.75 Å². The quantitative estimate of drug-likeness (QED) is 0.868. The molecule has 0 radical (unpaired) electrons. The van der Waals surface area contributed by atoms with Crippen LogP contribution in [-0.2, 0) is 6.42 Å². The first-order valence-corrected chi connectivity index (χ1v) is 7.04. The van der Waals surface area contributed by atoms with E-state index in [1.54, 1.807) is 0 Å². The Bertz CT molecular complexity index is 411. The predicted octanol–water partition coefficient (Wildman–Crippen LogP) is 2.52. The zero-order chi connectivity index (χ0) is 12.4. The van der Waals surface area contributed by atoms with Gasteiger partial charge in [-0.05, 0) is 44.9 Å². The molecule has 1 saturated heterocycles. The summed E-state index contributed by atoms with van der Waals surface area (Å²) in [4.78, 5) is 2.38. The molecule has 0 saturated carbocycles. The Kier molecular flexibility index (Phi) is 3.41. The first kappa shape index (κ1) is 11.8. The molecule has 0 spiro atoms. The highest BCUT2D eigenvalue weighted by Gasteiger charge is 2.20. The molecule has 98 valence electrons. The number of rotatable bonds is 2. The standard InChI is InChI=1S/C15H22N2O/c1-17-10-7-12(8-11-17)18-15-6-2-5-14-13(15)4-3-9-16-14/h2,5-6,12,16H,3-4,7-11H2,1H3. The van der Waals surface area contributed by atoms with Crippen molar-refractivity contribution in [1.82, 2.24) is 4.90 Å². The summed E-state index contributed by atoms with van der Waals surface area (Å²) < 4.78 is 6.24. The first-order valence-electron chi connectivity index (χ1n) is 7.04. The predicted molar refractivity (Wildman–Crippen MR) is 74.4 cm³/mol. The van der Waals surface area contributed by atoms with E-state index in [1.807, 2.05) is 0 Å². The Morgan fingerprint density at radius 1 is 1.28 bits per heavy atom. The van der Waals surface area contributed by atoms with Crippen molar-refractivity contribution in [3.8, 4) is 5.75 Å². The molecule has 0 atom stereocenters. The first-order chi connectivity index (χ1) is 8.83. The molecule has 18 heavy (non-hydrogen) atoms. The maximum Gasteiger partial charge on any atom is 0.124 e. The molecule has 2 aliphatic heterocycles. The minimum Gasteiger partial charge on any atom is -0.490 e. The van der Waals surface area contributed by atoms with Gasteiger partial charge in [0.15, 0.2) is 0 Å². The van der Waals surface area contributed by atoms with Gasteiger partial charge < -0.3 is 15.0 Å². The normalized spacial score (nSPS) is 21.2. The fraction of sp³-hybridized carbons (Fsp3) is 0.600. The summed E-state index contributed by atoms with van der Waals surface area (Å²) >= 11 is 0. The van der Waals surface area contributed by atoms with Gasteiger partial charge in [-0.25, -0.2) is 0 Å². The Morgan fingerprint density at radius 3 is 2.94 bits per heavy atom. The van der Waals surface area contributed by atoms with Gasteiger partial charge in [-0.3, -0.25) is 0 Å². The summed E-state index contributed by atoms with van der Waals surface area (Å²) in [6.45, 7) is 3.39. The number of nitrogens with one attached hydrogen (secondary N) is 1. The molecule has 1 fully saturated rings. The third-order valence-corrected chi connectivity index (χ3v) is 4.01. The number of hydrogen-bond acceptors (Lipinski definition) is 3. The Morgan fingerprint density at radius 2 is 2.11 bits per heavy atom. The zero-order valence-electron chi connectivity index (χ0n) is 11.1. The monoisotopic (exact) mass is 246 g/mol. The maximum atomic E-state index is 6.24. The van der Waals surface area contributed by atoms with Crippen LogP contribution in [0.1, 0.15) is 24.8 Å². The number of benzene rings is 1. The largest absolute Gasteiger partial charge is 0.490 e. The Hall–Kier alpha value is -1.22. The lowest BCUT2D eigenvalue weighted by atomic mass is 10.0. The number of ether oxygens (including phenoxy) is 1. The third kappa shape index (κ3) is 2.46. The second-order valence-corrected chi connectivity index (χ2v) is 5.43. The molecule has 1 N–H and O–H groups in total. The maximum absolute atomic E-state index is 6.24. The van der Waals surface area contributed by atoms with Crippen molar-refractivity contribution in [3.05, 3.63) is 23.8 Å². The fourth-order valence-corrected chi connectivity index (χ4v) is 2.87. The fourth-order valence-electron chi connectivity index (χ4n) is 2.87. The molecule has 0 aliphatic carbocycles. The highest BCUT2D eigenvalue weighted by molar-refractivity contribution is 5.59. The molecule has 2 aliphatic rings. The topological polar surface area (TPSA) is 24.5 Å². The SMILES string of the molecule is CN1CCC(Oc2cccc3c2CCCN3)CC1. The van der Waals surface area contributed by atoms with E-state index in [4.69, 9.17) is 4.74 Å². The number of likely N-dealkylation sites (tertiary alicyclic amines) is 1. The number of fused-ring (bicyclic) bond motifs is 1. The molecule has 0 bridgehead atoms. The number of nitrogens with zero attached hydrogens (tertiary/aromatic N) is 1. The lowest BCUT2D eigenvalue weighted by molar-refractivity contribution is 0.113. The molecule has 2 heterocycles. The van der Waals surface area contributed by atoms with Crippen molar-refractivity contribution >= 4 is 5.69 Å². The summed E-state index contributed by atoms with van der Waals surface area (Å²) in [5, 5.41) is 3.46. The van der Waals surface area contributed by atoms with Crippen molar-refractivity contribution in [2.24, 2.45) is 0 Å². The minimum absolute atomic E-state index is 0.398. The molecule has 3 heteroatoms. The molecule has 1 aromatic rings. The van der Waals surface area contributed by atoms with Crippen molar-refractivity contribution in [2.45, 2.75) is 31.8 Å². The number of anilines is 1. The van der Waals surface area contributed by atoms with Crippen LogP contribution in [0.3, 0.4) is 0 Å². The van der Waals surface area contributed by atoms with E-state index in [2.05, 4.69) is 35.5 Å². The lowest BCUT2D eigenvalue weighted by Gasteiger charge is -2.30. The second kappa shape index (κ2) is 5.19. The zero-order valence-corrected chi connectivity index (χ0v) is 11.1. The second-order valence-electron chi connectivity index (χ2n) is 5.43. The van der Waals surface area contributed by atoms with Crippen molar-refractivity contribution in [3.63, 3.8) is 0 Å². The summed E-state index contributed by atoms with van der Waals surface area (Å²) in [7, 11) is 2.19. The summed E-state index contributed by atoms with van der Waals surface area (Å²) in [5.41, 5.74) is 2.65. The molecule has 3 nitrogen and oxygen atoms in total. The van der Waals surface area contributed by atoms with E-state index in [-0.39, 0.29) is 0 Å². The van der Waals surface area contributed by atoms with Crippen LogP contribution < -0.4 is 10.1 Å². The highest BCUT2D eigenvalue weighted by Crippen LogP contribution is 2.32. The van der Waals surface area contributed by atoms with E-state index >= 15 is 0 Å². The average Bonchev–Trinajstić information content (AvgIpc) is 2.42. The van der Waals surface area contributed by atoms with Crippen LogP contribution in [0.15, 0.2) is 18.2 Å². The van der Waals surface area contributed by atoms with E-state index in [1.165, 1.54) is 17.7 Å². The van der Waals surface area contributed by atoms with Gasteiger partial charge >= 0.3 is 0 Å². The van der Waals surface area contributed by atoms with Crippen LogP contribution in [0.4, 0.5) is 5.69 Å². The van der Waals surface area contributed by atoms with E-state index in [0.29, 0.717) is 6.10 Å². The van der Waals surface area contributed by atoms with E-state index in [9.17, 15) is 0 Å². The number of hydrogen-bond donors (Lipinski definition) is 1. The van der Waals surface area contributed by atoms with Gasteiger partial charge in [-0.1, -0.05) is 6.07 Å². The minimum atomic E-state index is 0.398. The van der Waals surface area contributed by atoms with Gasteiger partial charge in [0.05, 0.1) is 0 Å². The summed E-state index contributed by atoms with van der Waals surface area (Å²) in [6, 6.07) is 6.39. The van der Waals surface area contributed by atoms with Crippen LogP contribution in [0, 0.1) is 0 Å². The van der Waals surface area contributed by atoms with Crippen molar-refractivity contribution in [1.29, 1.82) is 0 Å². The molecule has 1 aromatic carbocycles. The van der Waals surface area contributed by atoms with E-state index in [0.717, 1.165) is 44.6 Å². The van der Waals surface area contributed by atoms with Gasteiger partial charge in [0.25, 0.3) is 0 Å². The van der Waals surface area contributed by atoms with Gasteiger partial charge in [0.2, 0.25) is 0 Å². The van der Waals surface area contributed by atoms with Crippen molar-refractivity contribution < 1.29 is 4.74 Å². The van der Waals surface area contributed by atoms with Gasteiger partial charge in [-0.2, -0.15) is 0 Å².